The van der Waals surface area contributed by atoms with Crippen LogP contribution in [0.1, 0.15) is 181 Å². The fourth-order valence-corrected chi connectivity index (χ4v) is 4.61. The van der Waals surface area contributed by atoms with E-state index >= 15 is 0 Å². The fourth-order valence-electron chi connectivity index (χ4n) is 4.61. The summed E-state index contributed by atoms with van der Waals surface area (Å²) < 4.78 is 5.41. The van der Waals surface area contributed by atoms with E-state index < -0.39 is 0 Å². The summed E-state index contributed by atoms with van der Waals surface area (Å²) in [6.45, 7) is 7.55. The number of carbonyl (C=O) groups excluding carboxylic acids is 1. The number of ether oxygens (including phenoxy) is 1. The van der Waals surface area contributed by atoms with Gasteiger partial charge in [0, 0.05) is 6.42 Å². The van der Waals surface area contributed by atoms with Crippen LogP contribution in [0.2, 0.25) is 0 Å². The Morgan fingerprint density at radius 1 is 0.515 bits per heavy atom. The summed E-state index contributed by atoms with van der Waals surface area (Å²) in [4.78, 5) is 11.8. The van der Waals surface area contributed by atoms with Gasteiger partial charge in [-0.2, -0.15) is 0 Å². The van der Waals surface area contributed by atoms with E-state index in [1.54, 1.807) is 0 Å². The van der Waals surface area contributed by atoms with Crippen LogP contribution >= 0.6 is 0 Å². The zero-order valence-corrected chi connectivity index (χ0v) is 23.3. The maximum Gasteiger partial charge on any atom is 0.305 e. The molecule has 0 aliphatic carbocycles. The lowest BCUT2D eigenvalue weighted by atomic mass is 10.0. The summed E-state index contributed by atoms with van der Waals surface area (Å²) in [5.41, 5.74) is 0. The maximum atomic E-state index is 11.8. The maximum absolute atomic E-state index is 11.8. The van der Waals surface area contributed by atoms with Gasteiger partial charge < -0.3 is 4.74 Å². The summed E-state index contributed by atoms with van der Waals surface area (Å²) in [6.07, 6.45) is 32.8. The molecule has 0 atom stereocenters. The molecule has 0 bridgehead atoms. The van der Waals surface area contributed by atoms with Crippen molar-refractivity contribution in [1.29, 1.82) is 0 Å². The molecular formula is C31H62O2. The van der Waals surface area contributed by atoms with Gasteiger partial charge in [-0.25, -0.2) is 0 Å². The number of hydrogen-bond donors (Lipinski definition) is 0. The number of rotatable bonds is 27. The quantitative estimate of drug-likeness (QED) is 0.0888. The van der Waals surface area contributed by atoms with Gasteiger partial charge in [0.25, 0.3) is 0 Å². The zero-order chi connectivity index (χ0) is 24.2. The molecule has 0 aromatic heterocycles. The number of hydrogen-bond acceptors (Lipinski definition) is 2. The zero-order valence-electron chi connectivity index (χ0n) is 23.3. The standard InChI is InChI=1S/C31H62O2/c1-4-5-6-7-8-9-10-11-14-17-20-23-26-29-33-31(32)28-25-22-19-16-13-12-15-18-21-24-27-30(2)3/h30H,4-29H2,1-3H3. The third-order valence-corrected chi connectivity index (χ3v) is 6.92. The lowest BCUT2D eigenvalue weighted by Gasteiger charge is -2.06. The van der Waals surface area contributed by atoms with Gasteiger partial charge in [0.2, 0.25) is 0 Å². The van der Waals surface area contributed by atoms with Gasteiger partial charge in [0.15, 0.2) is 0 Å². The van der Waals surface area contributed by atoms with Crippen molar-refractivity contribution < 1.29 is 9.53 Å². The topological polar surface area (TPSA) is 26.3 Å². The first kappa shape index (κ1) is 32.5. The van der Waals surface area contributed by atoms with Gasteiger partial charge in [-0.05, 0) is 18.8 Å². The lowest BCUT2D eigenvalue weighted by molar-refractivity contribution is -0.143. The van der Waals surface area contributed by atoms with Crippen LogP contribution in [0.25, 0.3) is 0 Å². The van der Waals surface area contributed by atoms with Crippen molar-refractivity contribution in [2.24, 2.45) is 5.92 Å². The molecule has 0 unspecified atom stereocenters. The molecular weight excluding hydrogens is 404 g/mol. The molecule has 0 heterocycles. The lowest BCUT2D eigenvalue weighted by Crippen LogP contribution is -2.05. The number of carbonyl (C=O) groups is 1. The van der Waals surface area contributed by atoms with E-state index in [1.807, 2.05) is 0 Å². The molecule has 0 aliphatic rings. The Balaban J connectivity index is 3.15. The summed E-state index contributed by atoms with van der Waals surface area (Å²) in [7, 11) is 0. The van der Waals surface area contributed by atoms with Crippen LogP contribution in [0.3, 0.4) is 0 Å². The predicted molar refractivity (Wildman–Crippen MR) is 147 cm³/mol. The van der Waals surface area contributed by atoms with E-state index in [4.69, 9.17) is 4.74 Å². The first-order valence-corrected chi connectivity index (χ1v) is 15.3. The van der Waals surface area contributed by atoms with Crippen LogP contribution in [-0.2, 0) is 9.53 Å². The fraction of sp³-hybridized carbons (Fsp3) is 0.968. The molecule has 0 saturated heterocycles. The second kappa shape index (κ2) is 27.7. The molecule has 0 N–H and O–H groups in total. The van der Waals surface area contributed by atoms with Crippen molar-refractivity contribution in [3.05, 3.63) is 0 Å². The molecule has 198 valence electrons. The van der Waals surface area contributed by atoms with Crippen LogP contribution in [0.15, 0.2) is 0 Å². The molecule has 33 heavy (non-hydrogen) atoms. The Morgan fingerprint density at radius 2 is 0.879 bits per heavy atom. The Morgan fingerprint density at radius 3 is 1.30 bits per heavy atom. The van der Waals surface area contributed by atoms with Crippen LogP contribution < -0.4 is 0 Å². The van der Waals surface area contributed by atoms with Crippen molar-refractivity contribution in [1.82, 2.24) is 0 Å². The molecule has 0 fully saturated rings. The van der Waals surface area contributed by atoms with Crippen molar-refractivity contribution in [3.8, 4) is 0 Å². The average Bonchev–Trinajstić information content (AvgIpc) is 2.79. The molecule has 0 aliphatic heterocycles. The highest BCUT2D eigenvalue weighted by atomic mass is 16.5. The minimum absolute atomic E-state index is 0.0235. The third-order valence-electron chi connectivity index (χ3n) is 6.92. The van der Waals surface area contributed by atoms with Crippen molar-refractivity contribution in [2.45, 2.75) is 181 Å². The van der Waals surface area contributed by atoms with Gasteiger partial charge in [-0.15, -0.1) is 0 Å². The number of unbranched alkanes of at least 4 members (excludes halogenated alkanes) is 21. The van der Waals surface area contributed by atoms with Crippen LogP contribution in [0.4, 0.5) is 0 Å². The molecule has 0 saturated carbocycles. The summed E-state index contributed by atoms with van der Waals surface area (Å²) in [5.74, 6) is 0.886. The van der Waals surface area contributed by atoms with E-state index in [0.29, 0.717) is 13.0 Å². The van der Waals surface area contributed by atoms with Crippen molar-refractivity contribution >= 4 is 5.97 Å². The molecule has 0 radical (unpaired) electrons. The van der Waals surface area contributed by atoms with Crippen LogP contribution in [0, 0.1) is 5.92 Å². The van der Waals surface area contributed by atoms with E-state index in [1.165, 1.54) is 141 Å². The summed E-state index contributed by atoms with van der Waals surface area (Å²) >= 11 is 0. The molecule has 0 rings (SSSR count). The Kier molecular flexibility index (Phi) is 27.3. The minimum atomic E-state index is 0.0235. The molecule has 0 aromatic rings. The van der Waals surface area contributed by atoms with E-state index in [-0.39, 0.29) is 5.97 Å². The van der Waals surface area contributed by atoms with Crippen LogP contribution in [-0.4, -0.2) is 12.6 Å². The van der Waals surface area contributed by atoms with Crippen LogP contribution in [0.5, 0.6) is 0 Å². The smallest absolute Gasteiger partial charge is 0.305 e. The molecule has 0 amide bonds. The van der Waals surface area contributed by atoms with E-state index in [2.05, 4.69) is 20.8 Å². The van der Waals surface area contributed by atoms with Gasteiger partial charge in [0.05, 0.1) is 6.61 Å². The first-order valence-electron chi connectivity index (χ1n) is 15.3. The second-order valence-electron chi connectivity index (χ2n) is 10.9. The minimum Gasteiger partial charge on any atom is -0.466 e. The van der Waals surface area contributed by atoms with Gasteiger partial charge >= 0.3 is 5.97 Å². The van der Waals surface area contributed by atoms with E-state index in [0.717, 1.165) is 18.8 Å². The molecule has 2 heteroatoms. The SMILES string of the molecule is CCCCCCCCCCCCCCCOC(=O)CCCCCCCCCCCCC(C)C. The highest BCUT2D eigenvalue weighted by Gasteiger charge is 2.03. The largest absolute Gasteiger partial charge is 0.466 e. The third kappa shape index (κ3) is 29.4. The summed E-state index contributed by atoms with van der Waals surface area (Å²) in [5, 5.41) is 0. The van der Waals surface area contributed by atoms with Gasteiger partial charge in [0.1, 0.15) is 0 Å². The second-order valence-corrected chi connectivity index (χ2v) is 10.9. The normalized spacial score (nSPS) is 11.4. The van der Waals surface area contributed by atoms with Crippen molar-refractivity contribution in [3.63, 3.8) is 0 Å². The Labute approximate surface area is 209 Å². The van der Waals surface area contributed by atoms with Gasteiger partial charge in [-0.1, -0.05) is 162 Å². The molecule has 2 nitrogen and oxygen atoms in total. The Hall–Kier alpha value is -0.530. The molecule has 0 spiro atoms. The van der Waals surface area contributed by atoms with Crippen molar-refractivity contribution in [2.75, 3.05) is 6.61 Å². The average molecular weight is 467 g/mol. The van der Waals surface area contributed by atoms with Gasteiger partial charge in [-0.3, -0.25) is 4.79 Å². The predicted octanol–water partition coefficient (Wildman–Crippen LogP) is 11.0. The number of esters is 1. The monoisotopic (exact) mass is 466 g/mol. The van der Waals surface area contributed by atoms with E-state index in [9.17, 15) is 4.79 Å². The first-order chi connectivity index (χ1) is 16.2. The highest BCUT2D eigenvalue weighted by molar-refractivity contribution is 5.69. The highest BCUT2D eigenvalue weighted by Crippen LogP contribution is 2.15. The molecule has 0 aromatic carbocycles. The summed E-state index contributed by atoms with van der Waals surface area (Å²) in [6, 6.07) is 0. The Bertz CT molecular complexity index is 377.